The lowest BCUT2D eigenvalue weighted by atomic mass is 9.89. The second-order valence-electron chi connectivity index (χ2n) is 3.83. The largest absolute Gasteiger partial charge is 0.497 e. The summed E-state index contributed by atoms with van der Waals surface area (Å²) in [5.74, 6) is -0.0575. The van der Waals surface area contributed by atoms with Crippen LogP contribution in [0.25, 0.3) is 0 Å². The molecular formula is C12H18FNO2. The highest BCUT2D eigenvalue weighted by Gasteiger charge is 2.29. The van der Waals surface area contributed by atoms with Crippen LogP contribution in [0.4, 0.5) is 4.39 Å². The van der Waals surface area contributed by atoms with E-state index < -0.39 is 11.4 Å². The summed E-state index contributed by atoms with van der Waals surface area (Å²) in [6, 6.07) is 4.40. The molecule has 0 saturated carbocycles. The van der Waals surface area contributed by atoms with Crippen molar-refractivity contribution in [1.29, 1.82) is 0 Å². The second-order valence-corrected chi connectivity index (χ2v) is 3.83. The molecule has 90 valence electrons. The van der Waals surface area contributed by atoms with Crippen LogP contribution in [0.3, 0.4) is 0 Å². The summed E-state index contributed by atoms with van der Waals surface area (Å²) < 4.78 is 18.7. The van der Waals surface area contributed by atoms with Crippen LogP contribution in [0, 0.1) is 5.82 Å². The molecule has 0 bridgehead atoms. The molecule has 1 unspecified atom stereocenters. The summed E-state index contributed by atoms with van der Waals surface area (Å²) in [6.45, 7) is 1.92. The van der Waals surface area contributed by atoms with Gasteiger partial charge in [-0.15, -0.1) is 0 Å². The van der Waals surface area contributed by atoms with Crippen LogP contribution < -0.4 is 10.5 Å². The van der Waals surface area contributed by atoms with Crippen LogP contribution in [-0.2, 0) is 5.60 Å². The van der Waals surface area contributed by atoms with Crippen molar-refractivity contribution in [2.75, 3.05) is 13.7 Å². The van der Waals surface area contributed by atoms with E-state index in [0.717, 1.165) is 6.42 Å². The maximum atomic E-state index is 13.7. The molecule has 1 aromatic carbocycles. The molecule has 4 heteroatoms. The van der Waals surface area contributed by atoms with E-state index in [1.54, 1.807) is 6.07 Å². The normalized spacial score (nSPS) is 14.6. The second kappa shape index (κ2) is 5.27. The standard InChI is InChI=1S/C12H18FNO2/c1-3-6-12(15,8-14)10-5-4-9(16-2)7-11(10)13/h4-5,7,15H,3,6,8,14H2,1-2H3. The Kier molecular flexibility index (Phi) is 4.26. The average Bonchev–Trinajstić information content (AvgIpc) is 2.28. The molecule has 3 nitrogen and oxygen atoms in total. The molecule has 0 aliphatic rings. The number of methoxy groups -OCH3 is 1. The Balaban J connectivity index is 3.10. The van der Waals surface area contributed by atoms with Gasteiger partial charge in [0, 0.05) is 18.2 Å². The summed E-state index contributed by atoms with van der Waals surface area (Å²) in [5.41, 5.74) is 4.46. The predicted molar refractivity (Wildman–Crippen MR) is 60.8 cm³/mol. The number of ether oxygens (including phenoxy) is 1. The van der Waals surface area contributed by atoms with Gasteiger partial charge in [-0.25, -0.2) is 4.39 Å². The topological polar surface area (TPSA) is 55.5 Å². The fourth-order valence-corrected chi connectivity index (χ4v) is 1.76. The van der Waals surface area contributed by atoms with Gasteiger partial charge in [-0.1, -0.05) is 13.3 Å². The zero-order chi connectivity index (χ0) is 12.2. The van der Waals surface area contributed by atoms with E-state index in [1.807, 2.05) is 6.92 Å². The number of aliphatic hydroxyl groups is 1. The van der Waals surface area contributed by atoms with Crippen molar-refractivity contribution in [3.05, 3.63) is 29.6 Å². The molecule has 0 heterocycles. The van der Waals surface area contributed by atoms with E-state index in [-0.39, 0.29) is 12.1 Å². The van der Waals surface area contributed by atoms with Crippen molar-refractivity contribution in [3.63, 3.8) is 0 Å². The quantitative estimate of drug-likeness (QED) is 0.806. The molecular weight excluding hydrogens is 209 g/mol. The lowest BCUT2D eigenvalue weighted by Crippen LogP contribution is -2.35. The minimum atomic E-state index is -1.29. The number of benzene rings is 1. The molecule has 1 aromatic rings. The lowest BCUT2D eigenvalue weighted by Gasteiger charge is -2.27. The zero-order valence-electron chi connectivity index (χ0n) is 9.66. The van der Waals surface area contributed by atoms with Crippen LogP contribution in [0.1, 0.15) is 25.3 Å². The monoisotopic (exact) mass is 227 g/mol. The third kappa shape index (κ3) is 2.51. The summed E-state index contributed by atoms with van der Waals surface area (Å²) in [7, 11) is 1.47. The fourth-order valence-electron chi connectivity index (χ4n) is 1.76. The first-order chi connectivity index (χ1) is 7.57. The van der Waals surface area contributed by atoms with Gasteiger partial charge in [-0.3, -0.25) is 0 Å². The average molecular weight is 227 g/mol. The summed E-state index contributed by atoms with van der Waals surface area (Å²) in [6.07, 6.45) is 1.17. The molecule has 0 aliphatic heterocycles. The van der Waals surface area contributed by atoms with Crippen molar-refractivity contribution in [2.24, 2.45) is 5.73 Å². The third-order valence-electron chi connectivity index (χ3n) is 2.68. The highest BCUT2D eigenvalue weighted by atomic mass is 19.1. The van der Waals surface area contributed by atoms with Gasteiger partial charge in [0.25, 0.3) is 0 Å². The van der Waals surface area contributed by atoms with Gasteiger partial charge in [-0.2, -0.15) is 0 Å². The molecule has 3 N–H and O–H groups in total. The van der Waals surface area contributed by atoms with Crippen molar-refractivity contribution < 1.29 is 14.2 Å². The first kappa shape index (κ1) is 12.9. The number of hydrogen-bond acceptors (Lipinski definition) is 3. The van der Waals surface area contributed by atoms with Gasteiger partial charge in [0.2, 0.25) is 0 Å². The highest BCUT2D eigenvalue weighted by Crippen LogP contribution is 2.29. The Morgan fingerprint density at radius 1 is 1.50 bits per heavy atom. The van der Waals surface area contributed by atoms with E-state index >= 15 is 0 Å². The van der Waals surface area contributed by atoms with Crippen LogP contribution in [-0.4, -0.2) is 18.8 Å². The van der Waals surface area contributed by atoms with Gasteiger partial charge < -0.3 is 15.6 Å². The van der Waals surface area contributed by atoms with Gasteiger partial charge in [0.15, 0.2) is 0 Å². The number of rotatable bonds is 5. The minimum absolute atomic E-state index is 0.00406. The maximum Gasteiger partial charge on any atom is 0.133 e. The van der Waals surface area contributed by atoms with Gasteiger partial charge in [0.05, 0.1) is 7.11 Å². The van der Waals surface area contributed by atoms with Gasteiger partial charge in [0.1, 0.15) is 17.2 Å². The van der Waals surface area contributed by atoms with Crippen LogP contribution in [0.15, 0.2) is 18.2 Å². The molecule has 0 saturated heterocycles. The molecule has 0 aromatic heterocycles. The maximum absolute atomic E-state index is 13.7. The predicted octanol–water partition coefficient (Wildman–Crippen LogP) is 1.78. The SMILES string of the molecule is CCCC(O)(CN)c1ccc(OC)cc1F. The van der Waals surface area contributed by atoms with Crippen molar-refractivity contribution in [2.45, 2.75) is 25.4 Å². The fraction of sp³-hybridized carbons (Fsp3) is 0.500. The smallest absolute Gasteiger partial charge is 0.133 e. The summed E-state index contributed by atoms with van der Waals surface area (Å²) in [5, 5.41) is 10.2. The first-order valence-corrected chi connectivity index (χ1v) is 5.34. The molecule has 1 atom stereocenters. The van der Waals surface area contributed by atoms with Crippen LogP contribution in [0.5, 0.6) is 5.75 Å². The Hall–Kier alpha value is -1.13. The summed E-state index contributed by atoms with van der Waals surface area (Å²) >= 11 is 0. The Bertz CT molecular complexity index is 357. The zero-order valence-corrected chi connectivity index (χ0v) is 9.66. The van der Waals surface area contributed by atoms with E-state index in [1.165, 1.54) is 19.2 Å². The highest BCUT2D eigenvalue weighted by molar-refractivity contribution is 5.32. The lowest BCUT2D eigenvalue weighted by molar-refractivity contribution is 0.0323. The molecule has 0 radical (unpaired) electrons. The van der Waals surface area contributed by atoms with E-state index in [2.05, 4.69) is 0 Å². The number of halogens is 1. The molecule has 16 heavy (non-hydrogen) atoms. The summed E-state index contributed by atoms with van der Waals surface area (Å²) in [4.78, 5) is 0. The van der Waals surface area contributed by atoms with E-state index in [4.69, 9.17) is 10.5 Å². The molecule has 1 rings (SSSR count). The van der Waals surface area contributed by atoms with Crippen LogP contribution in [0.2, 0.25) is 0 Å². The van der Waals surface area contributed by atoms with Crippen molar-refractivity contribution >= 4 is 0 Å². The van der Waals surface area contributed by atoms with Gasteiger partial charge >= 0.3 is 0 Å². The first-order valence-electron chi connectivity index (χ1n) is 5.34. The minimum Gasteiger partial charge on any atom is -0.497 e. The van der Waals surface area contributed by atoms with Crippen molar-refractivity contribution in [1.82, 2.24) is 0 Å². The van der Waals surface area contributed by atoms with Crippen molar-refractivity contribution in [3.8, 4) is 5.75 Å². The third-order valence-corrected chi connectivity index (χ3v) is 2.68. The Labute approximate surface area is 95.0 Å². The molecule has 0 aliphatic carbocycles. The Morgan fingerprint density at radius 2 is 2.19 bits per heavy atom. The Morgan fingerprint density at radius 3 is 2.62 bits per heavy atom. The molecule has 0 fully saturated rings. The van der Waals surface area contributed by atoms with E-state index in [0.29, 0.717) is 12.2 Å². The number of hydrogen-bond donors (Lipinski definition) is 2. The molecule has 0 spiro atoms. The van der Waals surface area contributed by atoms with Gasteiger partial charge in [-0.05, 0) is 18.6 Å². The van der Waals surface area contributed by atoms with E-state index in [9.17, 15) is 9.50 Å². The van der Waals surface area contributed by atoms with Crippen LogP contribution >= 0.6 is 0 Å². The molecule has 0 amide bonds. The number of nitrogens with two attached hydrogens (primary N) is 1.